The Hall–Kier alpha value is -1.10. The Kier molecular flexibility index (Phi) is 5.41. The molecule has 0 aromatic heterocycles. The normalized spacial score (nSPS) is 28.5. The van der Waals surface area contributed by atoms with E-state index in [0.29, 0.717) is 25.9 Å². The molecule has 17 heavy (non-hydrogen) atoms. The van der Waals surface area contributed by atoms with Gasteiger partial charge in [-0.25, -0.2) is 0 Å². The van der Waals surface area contributed by atoms with Crippen LogP contribution < -0.4 is 0 Å². The molecule has 5 heteroatoms. The summed E-state index contributed by atoms with van der Waals surface area (Å²) in [5, 5.41) is 9.74. The van der Waals surface area contributed by atoms with Crippen molar-refractivity contribution in [2.45, 2.75) is 39.2 Å². The molecule has 1 N–H and O–H groups in total. The van der Waals surface area contributed by atoms with Crippen molar-refractivity contribution < 1.29 is 24.2 Å². The topological polar surface area (TPSA) is 72.8 Å². The lowest BCUT2D eigenvalue weighted by molar-refractivity contribution is -0.159. The fourth-order valence-corrected chi connectivity index (χ4v) is 2.13. The van der Waals surface area contributed by atoms with E-state index in [-0.39, 0.29) is 18.5 Å². The van der Waals surface area contributed by atoms with Crippen LogP contribution in [-0.2, 0) is 19.1 Å². The van der Waals surface area contributed by atoms with Crippen LogP contribution in [0.25, 0.3) is 0 Å². The molecule has 0 heterocycles. The van der Waals surface area contributed by atoms with E-state index in [1.807, 2.05) is 0 Å². The Bertz CT molecular complexity index is 276. The summed E-state index contributed by atoms with van der Waals surface area (Å²) in [6.07, 6.45) is 0.613. The van der Waals surface area contributed by atoms with Crippen LogP contribution in [0.4, 0.5) is 0 Å². The molecule has 1 aliphatic rings. The van der Waals surface area contributed by atoms with E-state index in [4.69, 9.17) is 9.47 Å². The highest BCUT2D eigenvalue weighted by Crippen LogP contribution is 2.31. The summed E-state index contributed by atoms with van der Waals surface area (Å²) in [7, 11) is 0. The quantitative estimate of drug-likeness (QED) is 0.743. The van der Waals surface area contributed by atoms with Gasteiger partial charge in [-0.15, -0.1) is 0 Å². The van der Waals surface area contributed by atoms with Crippen molar-refractivity contribution in [3.8, 4) is 0 Å². The van der Waals surface area contributed by atoms with Crippen molar-refractivity contribution in [3.63, 3.8) is 0 Å². The molecule has 0 aliphatic heterocycles. The van der Waals surface area contributed by atoms with Crippen molar-refractivity contribution in [3.05, 3.63) is 0 Å². The maximum Gasteiger partial charge on any atom is 0.311 e. The van der Waals surface area contributed by atoms with Gasteiger partial charge in [-0.1, -0.05) is 0 Å². The van der Waals surface area contributed by atoms with Gasteiger partial charge in [-0.3, -0.25) is 9.59 Å². The van der Waals surface area contributed by atoms with Gasteiger partial charge < -0.3 is 14.6 Å². The van der Waals surface area contributed by atoms with Crippen LogP contribution in [0.1, 0.15) is 33.1 Å². The number of hydrogen-bond acceptors (Lipinski definition) is 5. The summed E-state index contributed by atoms with van der Waals surface area (Å²) >= 11 is 0. The molecule has 0 aromatic carbocycles. The number of aliphatic hydroxyl groups excluding tert-OH is 1. The van der Waals surface area contributed by atoms with E-state index in [9.17, 15) is 14.7 Å². The van der Waals surface area contributed by atoms with Gasteiger partial charge in [-0.2, -0.15) is 0 Å². The number of ether oxygens (including phenoxy) is 2. The largest absolute Gasteiger partial charge is 0.466 e. The predicted molar refractivity (Wildman–Crippen MR) is 60.1 cm³/mol. The lowest BCUT2D eigenvalue weighted by Gasteiger charge is -2.30. The minimum absolute atomic E-state index is 0.284. The first-order valence-corrected chi connectivity index (χ1v) is 6.11. The summed E-state index contributed by atoms with van der Waals surface area (Å²) in [5.41, 5.74) is 0. The minimum atomic E-state index is -0.709. The molecule has 0 radical (unpaired) electrons. The number of aliphatic hydroxyl groups is 1. The van der Waals surface area contributed by atoms with Crippen LogP contribution in [0.3, 0.4) is 0 Å². The third-order valence-corrected chi connectivity index (χ3v) is 3.02. The molecule has 0 amide bonds. The SMILES string of the molecule is CCOC(=O)C1CCC(O)C(C(=O)OCC)C1. The van der Waals surface area contributed by atoms with Gasteiger partial charge in [0.1, 0.15) is 0 Å². The first-order valence-electron chi connectivity index (χ1n) is 6.11. The molecule has 0 aromatic rings. The molecule has 1 fully saturated rings. The Morgan fingerprint density at radius 2 is 1.71 bits per heavy atom. The van der Waals surface area contributed by atoms with Crippen molar-refractivity contribution in [2.24, 2.45) is 11.8 Å². The standard InChI is InChI=1S/C12H20O5/c1-3-16-11(14)8-5-6-10(13)9(7-8)12(15)17-4-2/h8-10,13H,3-7H2,1-2H3. The molecule has 5 nitrogen and oxygen atoms in total. The zero-order valence-electron chi connectivity index (χ0n) is 10.3. The molecule has 0 spiro atoms. The number of hydrogen-bond donors (Lipinski definition) is 1. The Morgan fingerprint density at radius 3 is 2.29 bits per heavy atom. The van der Waals surface area contributed by atoms with Gasteiger partial charge in [0.25, 0.3) is 0 Å². The van der Waals surface area contributed by atoms with Gasteiger partial charge in [0.05, 0.1) is 31.2 Å². The highest BCUT2D eigenvalue weighted by atomic mass is 16.5. The third kappa shape index (κ3) is 3.70. The van der Waals surface area contributed by atoms with Gasteiger partial charge in [0.15, 0.2) is 0 Å². The molecule has 1 aliphatic carbocycles. The second-order valence-electron chi connectivity index (χ2n) is 4.19. The maximum absolute atomic E-state index is 11.6. The van der Waals surface area contributed by atoms with E-state index in [0.717, 1.165) is 0 Å². The first-order chi connectivity index (χ1) is 8.10. The van der Waals surface area contributed by atoms with Crippen LogP contribution in [0.2, 0.25) is 0 Å². The van der Waals surface area contributed by atoms with Crippen LogP contribution in [0.5, 0.6) is 0 Å². The van der Waals surface area contributed by atoms with Gasteiger partial charge in [-0.05, 0) is 33.1 Å². The Morgan fingerprint density at radius 1 is 1.12 bits per heavy atom. The lowest BCUT2D eigenvalue weighted by Crippen LogP contribution is -2.38. The number of carbonyl (C=O) groups excluding carboxylic acids is 2. The van der Waals surface area contributed by atoms with E-state index in [1.54, 1.807) is 13.8 Å². The van der Waals surface area contributed by atoms with Crippen molar-refractivity contribution in [2.75, 3.05) is 13.2 Å². The fraction of sp³-hybridized carbons (Fsp3) is 0.833. The zero-order valence-corrected chi connectivity index (χ0v) is 10.3. The molecular formula is C12H20O5. The second-order valence-corrected chi connectivity index (χ2v) is 4.19. The summed E-state index contributed by atoms with van der Waals surface area (Å²) in [6, 6.07) is 0. The highest BCUT2D eigenvalue weighted by Gasteiger charge is 2.38. The number of carbonyl (C=O) groups is 2. The highest BCUT2D eigenvalue weighted by molar-refractivity contribution is 5.77. The van der Waals surface area contributed by atoms with E-state index >= 15 is 0 Å². The summed E-state index contributed by atoms with van der Waals surface area (Å²) in [4.78, 5) is 23.2. The third-order valence-electron chi connectivity index (χ3n) is 3.02. The van der Waals surface area contributed by atoms with Crippen LogP contribution in [-0.4, -0.2) is 36.4 Å². The minimum Gasteiger partial charge on any atom is -0.466 e. The van der Waals surface area contributed by atoms with Crippen molar-refractivity contribution in [1.29, 1.82) is 0 Å². The van der Waals surface area contributed by atoms with Crippen molar-refractivity contribution >= 4 is 11.9 Å². The second kappa shape index (κ2) is 6.59. The predicted octanol–water partition coefficient (Wildman–Crippen LogP) is 0.890. The zero-order chi connectivity index (χ0) is 12.8. The molecule has 0 saturated heterocycles. The molecule has 0 bridgehead atoms. The summed E-state index contributed by atoms with van der Waals surface area (Å²) in [6.45, 7) is 4.09. The molecule has 1 saturated carbocycles. The first kappa shape index (κ1) is 14.0. The lowest BCUT2D eigenvalue weighted by atomic mass is 9.79. The molecule has 3 unspecified atom stereocenters. The average Bonchev–Trinajstić information content (AvgIpc) is 2.30. The van der Waals surface area contributed by atoms with E-state index < -0.39 is 18.0 Å². The summed E-state index contributed by atoms with van der Waals surface area (Å²) < 4.78 is 9.82. The van der Waals surface area contributed by atoms with Crippen LogP contribution >= 0.6 is 0 Å². The monoisotopic (exact) mass is 244 g/mol. The van der Waals surface area contributed by atoms with Gasteiger partial charge >= 0.3 is 11.9 Å². The molecule has 1 rings (SSSR count). The number of esters is 2. The number of rotatable bonds is 4. The van der Waals surface area contributed by atoms with Gasteiger partial charge in [0, 0.05) is 0 Å². The maximum atomic E-state index is 11.6. The van der Waals surface area contributed by atoms with Crippen LogP contribution in [0.15, 0.2) is 0 Å². The van der Waals surface area contributed by atoms with Gasteiger partial charge in [0.2, 0.25) is 0 Å². The fourth-order valence-electron chi connectivity index (χ4n) is 2.13. The molecule has 3 atom stereocenters. The average molecular weight is 244 g/mol. The van der Waals surface area contributed by atoms with E-state index in [2.05, 4.69) is 0 Å². The molecular weight excluding hydrogens is 224 g/mol. The summed E-state index contributed by atoms with van der Waals surface area (Å²) in [5.74, 6) is -1.60. The van der Waals surface area contributed by atoms with Crippen LogP contribution in [0, 0.1) is 11.8 Å². The van der Waals surface area contributed by atoms with Crippen molar-refractivity contribution in [1.82, 2.24) is 0 Å². The molecule has 98 valence electrons. The Labute approximate surface area is 101 Å². The van der Waals surface area contributed by atoms with E-state index in [1.165, 1.54) is 0 Å². The smallest absolute Gasteiger partial charge is 0.311 e. The Balaban J connectivity index is 2.58.